The maximum absolute atomic E-state index is 13.3. The molecule has 1 saturated carbocycles. The number of ketones is 1. The zero-order valence-electron chi connectivity index (χ0n) is 18.0. The summed E-state index contributed by atoms with van der Waals surface area (Å²) in [6.07, 6.45) is -3.40. The van der Waals surface area contributed by atoms with Crippen molar-refractivity contribution in [3.63, 3.8) is 0 Å². The van der Waals surface area contributed by atoms with Crippen LogP contribution >= 0.6 is 0 Å². The van der Waals surface area contributed by atoms with Crippen molar-refractivity contribution in [3.05, 3.63) is 77.4 Å². The monoisotopic (exact) mass is 470 g/mol. The molecule has 1 heterocycles. The number of aliphatic hydroxyl groups is 1. The highest BCUT2D eigenvalue weighted by atomic mass is 19.4. The molecule has 3 aromatic carbocycles. The van der Waals surface area contributed by atoms with Crippen LogP contribution < -0.4 is 14.2 Å². The van der Waals surface area contributed by atoms with Crippen molar-refractivity contribution in [2.24, 2.45) is 0 Å². The number of hydrogen-bond donors (Lipinski definition) is 1. The van der Waals surface area contributed by atoms with Gasteiger partial charge in [-0.1, -0.05) is 30.3 Å². The number of hydrogen-bond acceptors (Lipinski definition) is 5. The standard InChI is InChI=1S/C26H21F3O5/c27-26(28,29)34-21-6-4-16(11-20(21)18-3-1-2-17(10-18)14-30)12-24(31)25(8-9-25)19-5-7-22-23(13-19)33-15-32-22/h1-7,10-11,13,30H,8-9,12,14-15H2. The van der Waals surface area contributed by atoms with Crippen LogP contribution in [0.15, 0.2) is 60.7 Å². The number of ether oxygens (including phenoxy) is 3. The van der Waals surface area contributed by atoms with Crippen LogP contribution in [0.4, 0.5) is 13.2 Å². The lowest BCUT2D eigenvalue weighted by molar-refractivity contribution is -0.274. The van der Waals surface area contributed by atoms with Crippen LogP contribution in [0.5, 0.6) is 17.2 Å². The van der Waals surface area contributed by atoms with Gasteiger partial charge in [0.25, 0.3) is 0 Å². The maximum atomic E-state index is 13.3. The predicted molar refractivity (Wildman–Crippen MR) is 117 cm³/mol. The number of halogens is 3. The quantitative estimate of drug-likeness (QED) is 0.507. The lowest BCUT2D eigenvalue weighted by Crippen LogP contribution is -2.22. The molecule has 0 saturated heterocycles. The molecule has 1 N–H and O–H groups in total. The Morgan fingerprint density at radius 3 is 2.50 bits per heavy atom. The summed E-state index contributed by atoms with van der Waals surface area (Å²) in [4.78, 5) is 13.3. The Morgan fingerprint density at radius 1 is 0.971 bits per heavy atom. The molecule has 0 spiro atoms. The second-order valence-electron chi connectivity index (χ2n) is 8.49. The summed E-state index contributed by atoms with van der Waals surface area (Å²) in [5, 5.41) is 9.43. The van der Waals surface area contributed by atoms with Gasteiger partial charge in [0.05, 0.1) is 12.0 Å². The third-order valence-electron chi connectivity index (χ3n) is 6.26. The number of rotatable bonds is 7. The van der Waals surface area contributed by atoms with Crippen molar-refractivity contribution >= 4 is 5.78 Å². The Kier molecular flexibility index (Phi) is 5.48. The Bertz CT molecular complexity index is 1250. The number of Topliss-reactive ketones (excluding diaryl/α,β-unsaturated/α-hetero) is 1. The molecule has 34 heavy (non-hydrogen) atoms. The number of fused-ring (bicyclic) bond motifs is 1. The van der Waals surface area contributed by atoms with Crippen molar-refractivity contribution in [3.8, 4) is 28.4 Å². The van der Waals surface area contributed by atoms with Crippen molar-refractivity contribution in [2.75, 3.05) is 6.79 Å². The van der Waals surface area contributed by atoms with Gasteiger partial charge in [-0.25, -0.2) is 0 Å². The van der Waals surface area contributed by atoms with Gasteiger partial charge in [0.2, 0.25) is 6.79 Å². The van der Waals surface area contributed by atoms with Gasteiger partial charge < -0.3 is 19.3 Å². The molecule has 0 aromatic heterocycles. The molecule has 1 fully saturated rings. The van der Waals surface area contributed by atoms with E-state index in [1.54, 1.807) is 36.4 Å². The summed E-state index contributed by atoms with van der Waals surface area (Å²) in [6, 6.07) is 16.3. The molecule has 0 amide bonds. The summed E-state index contributed by atoms with van der Waals surface area (Å²) in [6.45, 7) is -0.105. The van der Waals surface area contributed by atoms with E-state index in [0.717, 1.165) is 5.56 Å². The van der Waals surface area contributed by atoms with Gasteiger partial charge in [-0.3, -0.25) is 4.79 Å². The molecule has 2 aliphatic rings. The van der Waals surface area contributed by atoms with E-state index < -0.39 is 11.8 Å². The van der Waals surface area contributed by atoms with Crippen molar-refractivity contribution in [1.82, 2.24) is 0 Å². The fourth-order valence-electron chi connectivity index (χ4n) is 4.37. The number of alkyl halides is 3. The first-order valence-electron chi connectivity index (χ1n) is 10.8. The average Bonchev–Trinajstić information content (AvgIpc) is 3.50. The van der Waals surface area contributed by atoms with Crippen molar-refractivity contribution in [1.29, 1.82) is 0 Å². The molecule has 5 nitrogen and oxygen atoms in total. The zero-order valence-corrected chi connectivity index (χ0v) is 18.0. The second kappa shape index (κ2) is 8.36. The molecule has 1 aliphatic heterocycles. The van der Waals surface area contributed by atoms with Crippen LogP contribution in [0, 0.1) is 0 Å². The van der Waals surface area contributed by atoms with E-state index in [9.17, 15) is 23.1 Å². The van der Waals surface area contributed by atoms with Crippen molar-refractivity contribution in [2.45, 2.75) is 37.6 Å². The maximum Gasteiger partial charge on any atom is 0.573 e. The Morgan fingerprint density at radius 2 is 1.76 bits per heavy atom. The minimum absolute atomic E-state index is 0.00841. The van der Waals surface area contributed by atoms with Gasteiger partial charge in [-0.05, 0) is 65.4 Å². The molecule has 0 bridgehead atoms. The van der Waals surface area contributed by atoms with E-state index in [4.69, 9.17) is 9.47 Å². The first-order valence-corrected chi connectivity index (χ1v) is 10.8. The van der Waals surface area contributed by atoms with Gasteiger partial charge in [-0.2, -0.15) is 0 Å². The Hall–Kier alpha value is -3.52. The largest absolute Gasteiger partial charge is 0.573 e. The molecule has 8 heteroatoms. The SMILES string of the molecule is O=C(Cc1ccc(OC(F)(F)F)c(-c2cccc(CO)c2)c1)C1(c2ccc3c(c2)OCO3)CC1. The molecule has 1 aliphatic carbocycles. The van der Waals surface area contributed by atoms with E-state index in [2.05, 4.69) is 4.74 Å². The third-order valence-corrected chi connectivity index (χ3v) is 6.26. The highest BCUT2D eigenvalue weighted by Gasteiger charge is 2.50. The fourth-order valence-corrected chi connectivity index (χ4v) is 4.37. The molecule has 0 unspecified atom stereocenters. The molecule has 176 valence electrons. The Labute approximate surface area is 193 Å². The number of benzene rings is 3. The molecular weight excluding hydrogens is 449 g/mol. The Balaban J connectivity index is 1.45. The van der Waals surface area contributed by atoms with Crippen LogP contribution in [0.25, 0.3) is 11.1 Å². The molecule has 5 rings (SSSR count). The summed E-state index contributed by atoms with van der Waals surface area (Å²) in [5.41, 5.74) is 2.02. The third kappa shape index (κ3) is 4.33. The van der Waals surface area contributed by atoms with Gasteiger partial charge >= 0.3 is 6.36 Å². The second-order valence-corrected chi connectivity index (χ2v) is 8.49. The topological polar surface area (TPSA) is 65.0 Å². The lowest BCUT2D eigenvalue weighted by Gasteiger charge is -2.17. The molecule has 3 aromatic rings. The number of carbonyl (C=O) groups excluding carboxylic acids is 1. The van der Waals surface area contributed by atoms with Crippen LogP contribution in [-0.4, -0.2) is 24.0 Å². The van der Waals surface area contributed by atoms with Gasteiger partial charge in [0.15, 0.2) is 11.5 Å². The molecule has 0 atom stereocenters. The number of carbonyl (C=O) groups is 1. The first-order chi connectivity index (χ1) is 16.3. The van der Waals surface area contributed by atoms with E-state index in [-0.39, 0.29) is 36.9 Å². The van der Waals surface area contributed by atoms with Crippen LogP contribution in [0.1, 0.15) is 29.5 Å². The summed E-state index contributed by atoms with van der Waals surface area (Å²) >= 11 is 0. The minimum atomic E-state index is -4.86. The van der Waals surface area contributed by atoms with Gasteiger partial charge in [0, 0.05) is 12.0 Å². The minimum Gasteiger partial charge on any atom is -0.454 e. The highest BCUT2D eigenvalue weighted by Crippen LogP contribution is 2.51. The zero-order chi connectivity index (χ0) is 23.9. The summed E-state index contributed by atoms with van der Waals surface area (Å²) < 4.78 is 54.0. The van der Waals surface area contributed by atoms with Gasteiger partial charge in [0.1, 0.15) is 11.5 Å². The molecule has 0 radical (unpaired) electrons. The normalized spacial score (nSPS) is 15.8. The van der Waals surface area contributed by atoms with E-state index in [1.165, 1.54) is 12.1 Å². The fraction of sp³-hybridized carbons (Fsp3) is 0.269. The molecular formula is C26H21F3O5. The van der Waals surface area contributed by atoms with Crippen LogP contribution in [-0.2, 0) is 23.2 Å². The van der Waals surface area contributed by atoms with E-state index in [1.807, 2.05) is 12.1 Å². The smallest absolute Gasteiger partial charge is 0.454 e. The first kappa shape index (κ1) is 22.3. The summed E-state index contributed by atoms with van der Waals surface area (Å²) in [7, 11) is 0. The van der Waals surface area contributed by atoms with E-state index >= 15 is 0 Å². The lowest BCUT2D eigenvalue weighted by atomic mass is 9.87. The summed E-state index contributed by atoms with van der Waals surface area (Å²) in [5.74, 6) is 0.875. The van der Waals surface area contributed by atoms with Crippen LogP contribution in [0.2, 0.25) is 0 Å². The predicted octanol–water partition coefficient (Wildman–Crippen LogP) is 5.32. The van der Waals surface area contributed by atoms with Crippen LogP contribution in [0.3, 0.4) is 0 Å². The number of aliphatic hydroxyl groups excluding tert-OH is 1. The van der Waals surface area contributed by atoms with Crippen molar-refractivity contribution < 1.29 is 37.3 Å². The van der Waals surface area contributed by atoms with E-state index in [0.29, 0.717) is 41.0 Å². The van der Waals surface area contributed by atoms with Gasteiger partial charge in [-0.15, -0.1) is 13.2 Å². The highest BCUT2D eigenvalue weighted by molar-refractivity contribution is 5.95. The average molecular weight is 470 g/mol.